The second kappa shape index (κ2) is 8.96. The van der Waals surface area contributed by atoms with E-state index in [4.69, 9.17) is 0 Å². The first-order valence-electron chi connectivity index (χ1n) is 10.9. The number of aromatic nitrogens is 4. The molecule has 1 aliphatic heterocycles. The fourth-order valence-electron chi connectivity index (χ4n) is 4.12. The SMILES string of the molecule is Cc1nc(NCc2cnn(Cc3cccc(C(F)(F)F)n3)c2)cc2c1NC(=O)[C@H](C(C)C)N2C. The van der Waals surface area contributed by atoms with Gasteiger partial charge >= 0.3 is 6.18 Å². The summed E-state index contributed by atoms with van der Waals surface area (Å²) in [5, 5.41) is 10.5. The van der Waals surface area contributed by atoms with Crippen LogP contribution in [0.2, 0.25) is 0 Å². The lowest BCUT2D eigenvalue weighted by Crippen LogP contribution is -2.49. The molecule has 1 amide bonds. The van der Waals surface area contributed by atoms with E-state index in [0.29, 0.717) is 23.7 Å². The molecule has 0 unspecified atom stereocenters. The largest absolute Gasteiger partial charge is 0.433 e. The third-order valence-electron chi connectivity index (χ3n) is 5.71. The van der Waals surface area contributed by atoms with Crippen molar-refractivity contribution in [1.29, 1.82) is 0 Å². The summed E-state index contributed by atoms with van der Waals surface area (Å²) in [5.41, 5.74) is 2.48. The number of amides is 1. The summed E-state index contributed by atoms with van der Waals surface area (Å²) in [4.78, 5) is 22.7. The number of rotatable bonds is 6. The van der Waals surface area contributed by atoms with E-state index in [9.17, 15) is 18.0 Å². The highest BCUT2D eigenvalue weighted by Crippen LogP contribution is 2.36. The molecule has 8 nitrogen and oxygen atoms in total. The van der Waals surface area contributed by atoms with Gasteiger partial charge in [-0.25, -0.2) is 9.97 Å². The lowest BCUT2D eigenvalue weighted by atomic mass is 9.98. The summed E-state index contributed by atoms with van der Waals surface area (Å²) in [6, 6.07) is 5.44. The highest BCUT2D eigenvalue weighted by molar-refractivity contribution is 6.04. The van der Waals surface area contributed by atoms with Gasteiger partial charge in [-0.1, -0.05) is 19.9 Å². The zero-order valence-corrected chi connectivity index (χ0v) is 19.3. The quantitative estimate of drug-likeness (QED) is 0.561. The minimum Gasteiger partial charge on any atom is -0.366 e. The molecule has 3 aromatic heterocycles. The zero-order chi connectivity index (χ0) is 24.6. The Morgan fingerprint density at radius 2 is 2.00 bits per heavy atom. The number of halogens is 3. The smallest absolute Gasteiger partial charge is 0.366 e. The summed E-state index contributed by atoms with van der Waals surface area (Å²) in [7, 11) is 1.90. The van der Waals surface area contributed by atoms with E-state index in [2.05, 4.69) is 25.7 Å². The second-order valence-electron chi connectivity index (χ2n) is 8.69. The minimum absolute atomic E-state index is 0.0433. The van der Waals surface area contributed by atoms with E-state index in [0.717, 1.165) is 17.3 Å². The van der Waals surface area contributed by atoms with Crippen molar-refractivity contribution in [2.24, 2.45) is 5.92 Å². The van der Waals surface area contributed by atoms with Crippen LogP contribution in [0.15, 0.2) is 36.7 Å². The Labute approximate surface area is 195 Å². The summed E-state index contributed by atoms with van der Waals surface area (Å²) in [6.45, 7) is 6.40. The molecular formula is C23H26F3N7O. The van der Waals surface area contributed by atoms with Crippen LogP contribution in [0.4, 0.5) is 30.4 Å². The van der Waals surface area contributed by atoms with Gasteiger partial charge in [0.2, 0.25) is 5.91 Å². The van der Waals surface area contributed by atoms with Crippen molar-refractivity contribution < 1.29 is 18.0 Å². The average molecular weight is 474 g/mol. The monoisotopic (exact) mass is 473 g/mol. The van der Waals surface area contributed by atoms with Crippen LogP contribution in [0, 0.1) is 12.8 Å². The van der Waals surface area contributed by atoms with Crippen molar-refractivity contribution >= 4 is 23.1 Å². The number of alkyl halides is 3. The third kappa shape index (κ3) is 4.82. The molecule has 0 fully saturated rings. The fourth-order valence-corrected chi connectivity index (χ4v) is 4.12. The first-order valence-corrected chi connectivity index (χ1v) is 10.9. The number of pyridine rings is 2. The number of fused-ring (bicyclic) bond motifs is 1. The highest BCUT2D eigenvalue weighted by atomic mass is 19.4. The van der Waals surface area contributed by atoms with Gasteiger partial charge in [0.15, 0.2) is 0 Å². The van der Waals surface area contributed by atoms with Gasteiger partial charge in [-0.05, 0) is 25.0 Å². The Morgan fingerprint density at radius 1 is 1.24 bits per heavy atom. The van der Waals surface area contributed by atoms with Crippen LogP contribution in [-0.2, 0) is 24.1 Å². The van der Waals surface area contributed by atoms with Gasteiger partial charge in [-0.15, -0.1) is 0 Å². The normalized spacial score (nSPS) is 15.9. The van der Waals surface area contributed by atoms with Gasteiger partial charge in [0.1, 0.15) is 17.6 Å². The minimum atomic E-state index is -4.48. The van der Waals surface area contributed by atoms with Crippen molar-refractivity contribution in [3.05, 3.63) is 59.3 Å². The van der Waals surface area contributed by atoms with Gasteiger partial charge in [0, 0.05) is 31.4 Å². The molecular weight excluding hydrogens is 447 g/mol. The van der Waals surface area contributed by atoms with Crippen LogP contribution >= 0.6 is 0 Å². The number of carbonyl (C=O) groups excluding carboxylic acids is 1. The standard InChI is InChI=1S/C23H26F3N7O/c1-13(2)21-22(34)31-20-14(3)29-19(8-17(20)32(21)4)27-9-15-10-28-33(11-15)12-16-6-5-7-18(30-16)23(24,25)26/h5-8,10-11,13,21H,9,12H2,1-4H3,(H,27,29)(H,31,34)/t21-/m0/s1. The average Bonchev–Trinajstić information content (AvgIpc) is 3.20. The number of hydrogen-bond acceptors (Lipinski definition) is 6. The predicted molar refractivity (Wildman–Crippen MR) is 123 cm³/mol. The Hall–Kier alpha value is -3.63. The fraction of sp³-hybridized carbons (Fsp3) is 0.391. The van der Waals surface area contributed by atoms with Crippen molar-refractivity contribution in [2.75, 3.05) is 22.6 Å². The molecule has 0 aromatic carbocycles. The van der Waals surface area contributed by atoms with E-state index in [1.165, 1.54) is 12.1 Å². The molecule has 0 saturated carbocycles. The van der Waals surface area contributed by atoms with Crippen LogP contribution in [-0.4, -0.2) is 38.7 Å². The van der Waals surface area contributed by atoms with E-state index < -0.39 is 11.9 Å². The molecule has 0 spiro atoms. The Balaban J connectivity index is 1.45. The van der Waals surface area contributed by atoms with Crippen LogP contribution < -0.4 is 15.5 Å². The van der Waals surface area contributed by atoms with E-state index in [-0.39, 0.29) is 30.1 Å². The molecule has 2 N–H and O–H groups in total. The van der Waals surface area contributed by atoms with E-state index in [1.54, 1.807) is 17.1 Å². The molecule has 1 atom stereocenters. The molecule has 0 radical (unpaired) electrons. The van der Waals surface area contributed by atoms with Gasteiger partial charge in [-0.2, -0.15) is 18.3 Å². The number of likely N-dealkylation sites (N-methyl/N-ethyl adjacent to an activating group) is 1. The molecule has 1 aliphatic rings. The van der Waals surface area contributed by atoms with Crippen LogP contribution in [0.1, 0.15) is 36.5 Å². The number of hydrogen-bond donors (Lipinski definition) is 2. The molecule has 0 bridgehead atoms. The van der Waals surface area contributed by atoms with Crippen molar-refractivity contribution in [3.63, 3.8) is 0 Å². The van der Waals surface area contributed by atoms with Crippen molar-refractivity contribution in [1.82, 2.24) is 19.7 Å². The van der Waals surface area contributed by atoms with Crippen molar-refractivity contribution in [3.8, 4) is 0 Å². The van der Waals surface area contributed by atoms with Gasteiger partial charge in [0.25, 0.3) is 0 Å². The zero-order valence-electron chi connectivity index (χ0n) is 19.3. The number of nitrogens with one attached hydrogen (secondary N) is 2. The van der Waals surface area contributed by atoms with Gasteiger partial charge in [-0.3, -0.25) is 9.48 Å². The Bertz CT molecular complexity index is 1210. The van der Waals surface area contributed by atoms with E-state index in [1.807, 2.05) is 38.8 Å². The number of carbonyl (C=O) groups is 1. The maximum atomic E-state index is 12.9. The second-order valence-corrected chi connectivity index (χ2v) is 8.69. The van der Waals surface area contributed by atoms with Crippen LogP contribution in [0.5, 0.6) is 0 Å². The van der Waals surface area contributed by atoms with Crippen molar-refractivity contribution in [2.45, 2.75) is 46.1 Å². The lowest BCUT2D eigenvalue weighted by Gasteiger charge is -2.38. The number of nitrogens with zero attached hydrogens (tertiary/aromatic N) is 5. The van der Waals surface area contributed by atoms with Gasteiger partial charge in [0.05, 0.1) is 35.5 Å². The first kappa shape index (κ1) is 23.5. The highest BCUT2D eigenvalue weighted by Gasteiger charge is 2.34. The van der Waals surface area contributed by atoms with Crippen LogP contribution in [0.3, 0.4) is 0 Å². The maximum absolute atomic E-state index is 12.9. The molecule has 180 valence electrons. The molecule has 0 aliphatic carbocycles. The summed E-state index contributed by atoms with van der Waals surface area (Å²) < 4.78 is 40.2. The summed E-state index contributed by atoms with van der Waals surface area (Å²) >= 11 is 0. The Morgan fingerprint density at radius 3 is 2.71 bits per heavy atom. The van der Waals surface area contributed by atoms with Crippen LogP contribution in [0.25, 0.3) is 0 Å². The molecule has 4 rings (SSSR count). The molecule has 3 aromatic rings. The number of anilines is 3. The molecule has 4 heterocycles. The maximum Gasteiger partial charge on any atom is 0.433 e. The Kier molecular flexibility index (Phi) is 6.20. The summed E-state index contributed by atoms with van der Waals surface area (Å²) in [6.07, 6.45) is -1.09. The number of aryl methyl sites for hydroxylation is 1. The summed E-state index contributed by atoms with van der Waals surface area (Å²) in [5.74, 6) is 0.743. The van der Waals surface area contributed by atoms with E-state index >= 15 is 0 Å². The first-order chi connectivity index (χ1) is 16.0. The topological polar surface area (TPSA) is 88.0 Å². The molecule has 34 heavy (non-hydrogen) atoms. The molecule has 11 heteroatoms. The third-order valence-corrected chi connectivity index (χ3v) is 5.71. The molecule has 0 saturated heterocycles. The lowest BCUT2D eigenvalue weighted by molar-refractivity contribution is -0.141. The van der Waals surface area contributed by atoms with Gasteiger partial charge < -0.3 is 15.5 Å². The predicted octanol–water partition coefficient (Wildman–Crippen LogP) is 4.07.